The molecule has 74 heavy (non-hydrogen) atoms. The third-order valence-electron chi connectivity index (χ3n) is 12.6. The van der Waals surface area contributed by atoms with Crippen molar-refractivity contribution in [1.82, 2.24) is 0 Å². The second-order valence-electron chi connectivity index (χ2n) is 17.8. The van der Waals surface area contributed by atoms with Gasteiger partial charge < -0.3 is 47.4 Å². The zero-order valence-electron chi connectivity index (χ0n) is 40.8. The van der Waals surface area contributed by atoms with E-state index in [0.717, 1.165) is 33.4 Å². The van der Waals surface area contributed by atoms with E-state index in [1.165, 1.54) is 7.11 Å². The predicted molar refractivity (Wildman–Crippen MR) is 266 cm³/mol. The quantitative estimate of drug-likeness (QED) is 0.0377. The number of rotatable bonds is 26. The summed E-state index contributed by atoms with van der Waals surface area (Å²) >= 11 is 0. The molecule has 0 amide bonds. The molecule has 0 N–H and O–H groups in total. The van der Waals surface area contributed by atoms with Crippen LogP contribution in [0.4, 0.5) is 13.2 Å². The standard InChI is InChI=1S/C57H61F3O13S/c1-63-55-54(69-37-46-30-18-7-19-31-46)52(67-35-44-26-14-5-15-27-44)51(66-34-43-24-12-4-13-25-43)49(73-55)40-70-56-53(68-36-45-28-16-6-17-29-45)50(65-33-42-22-10-3-11-23-42)47(38-71-74(61,62)57(58,59)60)48(72-56)39-64-32-41-20-8-2-9-21-41/h2-31,47-56H,32-40H2,1H3/t47-,48-,49-,50+,51-,52+,53-,54-,55?,56+/m1/s1. The molecule has 1 unspecified atom stereocenters. The number of methoxy groups -OCH3 is 1. The molecule has 0 aromatic heterocycles. The fraction of sp³-hybridized carbons (Fsp3) is 0.368. The van der Waals surface area contributed by atoms with Gasteiger partial charge in [-0.2, -0.15) is 21.6 Å². The molecule has 2 fully saturated rings. The van der Waals surface area contributed by atoms with Crippen molar-refractivity contribution < 1.29 is 73.1 Å². The molecule has 0 bridgehead atoms. The first kappa shape index (κ1) is 54.9. The van der Waals surface area contributed by atoms with E-state index in [1.807, 2.05) is 182 Å². The lowest BCUT2D eigenvalue weighted by Crippen LogP contribution is -2.63. The van der Waals surface area contributed by atoms with Crippen molar-refractivity contribution in [2.24, 2.45) is 5.92 Å². The van der Waals surface area contributed by atoms with Crippen LogP contribution in [-0.4, -0.2) is 96.2 Å². The number of hydrogen-bond acceptors (Lipinski definition) is 13. The van der Waals surface area contributed by atoms with Crippen molar-refractivity contribution in [2.45, 2.75) is 100 Å². The summed E-state index contributed by atoms with van der Waals surface area (Å²) in [6.45, 7) is -0.910. The van der Waals surface area contributed by atoms with Crippen LogP contribution in [0.2, 0.25) is 0 Å². The van der Waals surface area contributed by atoms with Crippen LogP contribution in [0.5, 0.6) is 0 Å². The van der Waals surface area contributed by atoms with Crippen LogP contribution in [0, 0.1) is 5.92 Å². The van der Waals surface area contributed by atoms with Crippen molar-refractivity contribution in [2.75, 3.05) is 26.9 Å². The van der Waals surface area contributed by atoms with E-state index in [1.54, 1.807) is 0 Å². The van der Waals surface area contributed by atoms with Crippen LogP contribution in [0.3, 0.4) is 0 Å². The summed E-state index contributed by atoms with van der Waals surface area (Å²) in [5.74, 6) is -1.23. The molecule has 394 valence electrons. The summed E-state index contributed by atoms with van der Waals surface area (Å²) < 4.78 is 138. The van der Waals surface area contributed by atoms with Gasteiger partial charge in [-0.1, -0.05) is 182 Å². The van der Waals surface area contributed by atoms with Gasteiger partial charge in [0.05, 0.1) is 71.7 Å². The van der Waals surface area contributed by atoms with Crippen LogP contribution in [0.15, 0.2) is 182 Å². The van der Waals surface area contributed by atoms with Gasteiger partial charge in [-0.05, 0) is 33.4 Å². The fourth-order valence-electron chi connectivity index (χ4n) is 8.75. The molecule has 0 aliphatic carbocycles. The van der Waals surface area contributed by atoms with E-state index in [4.69, 9.17) is 51.6 Å². The highest BCUT2D eigenvalue weighted by Gasteiger charge is 2.54. The van der Waals surface area contributed by atoms with Gasteiger partial charge >= 0.3 is 15.6 Å². The molecule has 2 saturated heterocycles. The van der Waals surface area contributed by atoms with Gasteiger partial charge in [-0.25, -0.2) is 0 Å². The second kappa shape index (κ2) is 27.4. The maximum absolute atomic E-state index is 13.9. The Morgan fingerprint density at radius 3 is 1.16 bits per heavy atom. The molecule has 2 heterocycles. The Bertz CT molecular complexity index is 2630. The fourth-order valence-corrected chi connectivity index (χ4v) is 9.22. The lowest BCUT2D eigenvalue weighted by molar-refractivity contribution is -0.345. The average Bonchev–Trinajstić information content (AvgIpc) is 3.43. The number of halogens is 3. The SMILES string of the molecule is COC1O[C@H](CO[C@H]2O[C@H](COCc3ccccc3)[C@@H](COS(=O)(=O)C(F)(F)F)[C@H](OCc3ccccc3)[C@H]2OCc2ccccc2)[C@@H](OCc2ccccc2)[C@H](OCc2ccccc2)[C@H]1OCc1ccccc1. The lowest BCUT2D eigenvalue weighted by Gasteiger charge is -2.48. The Morgan fingerprint density at radius 2 is 0.757 bits per heavy atom. The Morgan fingerprint density at radius 1 is 0.405 bits per heavy atom. The van der Waals surface area contributed by atoms with Crippen molar-refractivity contribution in [3.8, 4) is 0 Å². The molecular weight excluding hydrogens is 982 g/mol. The van der Waals surface area contributed by atoms with Crippen LogP contribution < -0.4 is 0 Å². The number of alkyl halides is 3. The molecule has 2 aliphatic heterocycles. The van der Waals surface area contributed by atoms with E-state index in [-0.39, 0.29) is 52.9 Å². The molecule has 6 aromatic rings. The van der Waals surface area contributed by atoms with Crippen molar-refractivity contribution in [1.29, 1.82) is 0 Å². The first-order valence-corrected chi connectivity index (χ1v) is 25.8. The first-order chi connectivity index (χ1) is 36.0. The summed E-state index contributed by atoms with van der Waals surface area (Å²) in [6.07, 6.45) is -9.38. The molecule has 13 nitrogen and oxygen atoms in total. The maximum atomic E-state index is 13.9. The Hall–Kier alpha value is -5.38. The summed E-state index contributed by atoms with van der Waals surface area (Å²) in [4.78, 5) is 0. The van der Waals surface area contributed by atoms with E-state index in [9.17, 15) is 21.6 Å². The smallest absolute Gasteiger partial charge is 0.374 e. The van der Waals surface area contributed by atoms with Crippen molar-refractivity contribution >= 4 is 10.1 Å². The van der Waals surface area contributed by atoms with Crippen LogP contribution >= 0.6 is 0 Å². The number of hydrogen-bond donors (Lipinski definition) is 0. The Balaban J connectivity index is 1.15. The summed E-state index contributed by atoms with van der Waals surface area (Å²) in [5, 5.41) is 0. The summed E-state index contributed by atoms with van der Waals surface area (Å²) in [5.41, 5.74) is -0.717. The lowest BCUT2D eigenvalue weighted by atomic mass is 9.89. The predicted octanol–water partition coefficient (Wildman–Crippen LogP) is 9.73. The minimum absolute atomic E-state index is 0.0200. The van der Waals surface area contributed by atoms with E-state index in [0.29, 0.717) is 0 Å². The van der Waals surface area contributed by atoms with Crippen LogP contribution in [0.25, 0.3) is 0 Å². The molecule has 2 aliphatic rings. The highest BCUT2D eigenvalue weighted by Crippen LogP contribution is 2.37. The Labute approximate surface area is 430 Å². The maximum Gasteiger partial charge on any atom is 0.523 e. The van der Waals surface area contributed by atoms with E-state index in [2.05, 4.69) is 0 Å². The molecule has 0 radical (unpaired) electrons. The minimum Gasteiger partial charge on any atom is -0.374 e. The third-order valence-corrected chi connectivity index (χ3v) is 13.6. The molecule has 6 aromatic carbocycles. The molecule has 0 saturated carbocycles. The Kier molecular flexibility index (Phi) is 20.3. The number of ether oxygens (including phenoxy) is 10. The van der Waals surface area contributed by atoms with E-state index >= 15 is 0 Å². The first-order valence-electron chi connectivity index (χ1n) is 24.3. The van der Waals surface area contributed by atoms with Gasteiger partial charge in [0, 0.05) is 13.0 Å². The van der Waals surface area contributed by atoms with Gasteiger partial charge in [0.2, 0.25) is 0 Å². The van der Waals surface area contributed by atoms with Gasteiger partial charge in [-0.3, -0.25) is 4.18 Å². The van der Waals surface area contributed by atoms with Crippen molar-refractivity contribution in [3.63, 3.8) is 0 Å². The van der Waals surface area contributed by atoms with Gasteiger partial charge in [0.15, 0.2) is 12.6 Å². The average molecular weight is 1040 g/mol. The molecule has 17 heteroatoms. The minimum atomic E-state index is -6.07. The van der Waals surface area contributed by atoms with Crippen LogP contribution in [-0.2, 0) is 101 Å². The topological polar surface area (TPSA) is 136 Å². The summed E-state index contributed by atoms with van der Waals surface area (Å²) in [7, 11) is -4.56. The number of benzene rings is 6. The zero-order valence-corrected chi connectivity index (χ0v) is 41.6. The molecule has 10 atom stereocenters. The third kappa shape index (κ3) is 15.6. The van der Waals surface area contributed by atoms with Crippen molar-refractivity contribution in [3.05, 3.63) is 215 Å². The summed E-state index contributed by atoms with van der Waals surface area (Å²) in [6, 6.07) is 56.5. The highest BCUT2D eigenvalue weighted by atomic mass is 32.2. The monoisotopic (exact) mass is 1040 g/mol. The van der Waals surface area contributed by atoms with Crippen LogP contribution in [0.1, 0.15) is 33.4 Å². The molecule has 0 spiro atoms. The van der Waals surface area contributed by atoms with E-state index < -0.39 is 83.5 Å². The van der Waals surface area contributed by atoms with Gasteiger partial charge in [0.1, 0.15) is 30.5 Å². The normalized spacial score (nSPS) is 24.4. The largest absolute Gasteiger partial charge is 0.523 e. The molecule has 8 rings (SSSR count). The molecular formula is C57H61F3O13S. The van der Waals surface area contributed by atoms with Gasteiger partial charge in [0.25, 0.3) is 0 Å². The second-order valence-corrected chi connectivity index (χ2v) is 19.4. The highest BCUT2D eigenvalue weighted by molar-refractivity contribution is 7.87. The zero-order chi connectivity index (χ0) is 51.6. The van der Waals surface area contributed by atoms with Gasteiger partial charge in [-0.15, -0.1) is 0 Å².